The van der Waals surface area contributed by atoms with E-state index in [2.05, 4.69) is 4.98 Å². The van der Waals surface area contributed by atoms with Crippen LogP contribution < -0.4 is 4.74 Å². The minimum Gasteiger partial charge on any atom is -0.489 e. The van der Waals surface area contributed by atoms with E-state index >= 15 is 0 Å². The van der Waals surface area contributed by atoms with Crippen LogP contribution in [0.1, 0.15) is 40.2 Å². The summed E-state index contributed by atoms with van der Waals surface area (Å²) in [6.07, 6.45) is 2.13. The van der Waals surface area contributed by atoms with Crippen molar-refractivity contribution in [3.8, 4) is 5.75 Å². The number of halogens is 3. The predicted octanol–water partition coefficient (Wildman–Crippen LogP) is 5.63. The lowest BCUT2D eigenvalue weighted by atomic mass is 10.1. The molecule has 0 aliphatic carbocycles. The fraction of sp³-hybridized carbons (Fsp3) is 0.240. The number of pyridine rings is 1. The Morgan fingerprint density at radius 1 is 1.12 bits per heavy atom. The fourth-order valence-electron chi connectivity index (χ4n) is 3.30. The Labute approximate surface area is 206 Å². The molecule has 1 fully saturated rings. The number of rotatable bonds is 6. The van der Waals surface area contributed by atoms with Crippen LogP contribution in [-0.4, -0.2) is 40.5 Å². The summed E-state index contributed by atoms with van der Waals surface area (Å²) >= 11 is 11.8. The second-order valence-corrected chi connectivity index (χ2v) is 8.56. The number of benzene rings is 2. The molecule has 178 valence electrons. The summed E-state index contributed by atoms with van der Waals surface area (Å²) in [7, 11) is 1.84. The first kappa shape index (κ1) is 25.5. The molecular weight excluding hydrogens is 482 g/mol. The van der Waals surface area contributed by atoms with Crippen LogP contribution in [0.4, 0.5) is 4.39 Å². The van der Waals surface area contributed by atoms with E-state index < -0.39 is 11.8 Å². The molecule has 0 saturated carbocycles. The predicted molar refractivity (Wildman–Crippen MR) is 128 cm³/mol. The molecule has 1 aromatic heterocycles. The molecule has 2 heterocycles. The number of carbonyl (C=O) groups excluding carboxylic acids is 1. The molecule has 1 amide bonds. The van der Waals surface area contributed by atoms with Crippen molar-refractivity contribution in [2.24, 2.45) is 0 Å². The Kier molecular flexibility index (Phi) is 8.85. The first-order valence-corrected chi connectivity index (χ1v) is 11.3. The lowest BCUT2D eigenvalue weighted by Crippen LogP contribution is -2.17. The van der Waals surface area contributed by atoms with Crippen molar-refractivity contribution in [2.75, 3.05) is 13.6 Å². The van der Waals surface area contributed by atoms with Crippen molar-refractivity contribution < 1.29 is 23.8 Å². The maximum absolute atomic E-state index is 13.9. The molecular formula is C25H23Cl2FN2O4. The summed E-state index contributed by atoms with van der Waals surface area (Å²) < 4.78 is 19.7. The average molecular weight is 505 g/mol. The van der Waals surface area contributed by atoms with Gasteiger partial charge in [0.15, 0.2) is 0 Å². The third-order valence-corrected chi connectivity index (χ3v) is 5.60. The molecule has 6 nitrogen and oxygen atoms in total. The molecule has 0 spiro atoms. The number of aromatic carboxylic acids is 1. The van der Waals surface area contributed by atoms with Gasteiger partial charge in [0.05, 0.1) is 0 Å². The van der Waals surface area contributed by atoms with Gasteiger partial charge in [-0.3, -0.25) is 4.79 Å². The number of carbonyl (C=O) groups is 2. The van der Waals surface area contributed by atoms with Gasteiger partial charge >= 0.3 is 5.97 Å². The van der Waals surface area contributed by atoms with Crippen LogP contribution in [0.5, 0.6) is 5.75 Å². The number of hydrogen-bond donors (Lipinski definition) is 1. The van der Waals surface area contributed by atoms with Crippen molar-refractivity contribution in [1.82, 2.24) is 9.88 Å². The molecule has 1 aliphatic heterocycles. The normalized spacial score (nSPS) is 12.8. The van der Waals surface area contributed by atoms with Crippen LogP contribution >= 0.6 is 23.2 Å². The molecule has 3 aromatic rings. The van der Waals surface area contributed by atoms with Crippen LogP contribution in [0.2, 0.25) is 10.0 Å². The minimum atomic E-state index is -1.10. The van der Waals surface area contributed by atoms with E-state index in [0.717, 1.165) is 19.4 Å². The van der Waals surface area contributed by atoms with Gasteiger partial charge in [-0.2, -0.15) is 0 Å². The van der Waals surface area contributed by atoms with Crippen molar-refractivity contribution in [1.29, 1.82) is 0 Å². The lowest BCUT2D eigenvalue weighted by Gasteiger charge is -2.13. The van der Waals surface area contributed by atoms with Crippen LogP contribution in [0, 0.1) is 5.82 Å². The highest BCUT2D eigenvalue weighted by atomic mass is 35.5. The van der Waals surface area contributed by atoms with Gasteiger partial charge in [0.2, 0.25) is 5.91 Å². The second-order valence-electron chi connectivity index (χ2n) is 7.69. The number of ether oxygens (including phenoxy) is 1. The van der Waals surface area contributed by atoms with Gasteiger partial charge in [-0.15, -0.1) is 0 Å². The molecule has 0 unspecified atom stereocenters. The second kappa shape index (κ2) is 11.8. The highest BCUT2D eigenvalue weighted by molar-refractivity contribution is 6.30. The molecule has 34 heavy (non-hydrogen) atoms. The van der Waals surface area contributed by atoms with Crippen molar-refractivity contribution in [3.05, 3.63) is 93.0 Å². The molecule has 0 atom stereocenters. The summed E-state index contributed by atoms with van der Waals surface area (Å²) in [5.41, 5.74) is 1.60. The van der Waals surface area contributed by atoms with E-state index in [1.807, 2.05) is 7.05 Å². The van der Waals surface area contributed by atoms with E-state index in [4.69, 9.17) is 33.0 Å². The van der Waals surface area contributed by atoms with E-state index in [0.29, 0.717) is 44.9 Å². The molecule has 4 rings (SSSR count). The maximum Gasteiger partial charge on any atom is 0.354 e. The summed E-state index contributed by atoms with van der Waals surface area (Å²) in [5.74, 6) is -0.747. The van der Waals surface area contributed by atoms with Crippen molar-refractivity contribution >= 4 is 35.1 Å². The minimum absolute atomic E-state index is 0.0141. The molecule has 0 radical (unpaired) electrons. The molecule has 1 N–H and O–H groups in total. The highest BCUT2D eigenvalue weighted by Gasteiger charge is 2.14. The zero-order valence-corrected chi connectivity index (χ0v) is 19.9. The molecule has 1 aliphatic rings. The fourth-order valence-corrected chi connectivity index (χ4v) is 3.65. The highest BCUT2D eigenvalue weighted by Crippen LogP contribution is 2.27. The van der Waals surface area contributed by atoms with E-state index in [9.17, 15) is 14.0 Å². The third-order valence-electron chi connectivity index (χ3n) is 5.13. The topological polar surface area (TPSA) is 79.7 Å². The van der Waals surface area contributed by atoms with Gasteiger partial charge in [0.1, 0.15) is 23.9 Å². The smallest absolute Gasteiger partial charge is 0.354 e. The quantitative estimate of drug-likeness (QED) is 0.470. The van der Waals surface area contributed by atoms with Gasteiger partial charge in [-0.05, 0) is 48.9 Å². The summed E-state index contributed by atoms with van der Waals surface area (Å²) in [5, 5.41) is 9.89. The van der Waals surface area contributed by atoms with Gasteiger partial charge in [-0.1, -0.05) is 35.3 Å². The Bertz CT molecular complexity index is 1190. The van der Waals surface area contributed by atoms with Gasteiger partial charge < -0.3 is 14.7 Å². The largest absolute Gasteiger partial charge is 0.489 e. The van der Waals surface area contributed by atoms with Crippen LogP contribution in [0.15, 0.2) is 54.6 Å². The molecule has 0 bridgehead atoms. The standard InChI is InChI=1S/C20H14Cl2FNO3.C5H9NO/c21-14-6-7-19(27-11-12-4-5-15(22)10-17(12)23)13(8-14)9-16-2-1-3-18(24-16)20(25)26;1-6-4-2-3-5(6)7/h1-8,10H,9,11H2,(H,25,26);2-4H2,1H3. The number of carboxylic acid groups (broad SMARTS) is 1. The number of aromatic nitrogens is 1. The Morgan fingerprint density at radius 2 is 1.85 bits per heavy atom. The van der Waals surface area contributed by atoms with Gasteiger partial charge in [0, 0.05) is 53.3 Å². The van der Waals surface area contributed by atoms with Crippen LogP contribution in [-0.2, 0) is 17.8 Å². The molecule has 2 aromatic carbocycles. The first-order valence-electron chi connectivity index (χ1n) is 10.5. The summed E-state index contributed by atoms with van der Waals surface area (Å²) in [6, 6.07) is 14.2. The zero-order chi connectivity index (χ0) is 24.7. The van der Waals surface area contributed by atoms with E-state index in [-0.39, 0.29) is 12.3 Å². The SMILES string of the molecule is CN1CCCC1=O.O=C(O)c1cccc(Cc2cc(Cl)ccc2OCc2ccc(Cl)cc2F)n1. The van der Waals surface area contributed by atoms with Crippen molar-refractivity contribution in [2.45, 2.75) is 25.9 Å². The monoisotopic (exact) mass is 504 g/mol. The maximum atomic E-state index is 13.9. The molecule has 1 saturated heterocycles. The number of carboxylic acids is 1. The number of hydrogen-bond acceptors (Lipinski definition) is 4. The van der Waals surface area contributed by atoms with Crippen LogP contribution in [0.25, 0.3) is 0 Å². The third kappa shape index (κ3) is 7.17. The van der Waals surface area contributed by atoms with Gasteiger partial charge in [-0.25, -0.2) is 14.2 Å². The number of nitrogens with zero attached hydrogens (tertiary/aromatic N) is 2. The summed E-state index contributed by atoms with van der Waals surface area (Å²) in [4.78, 5) is 27.5. The number of likely N-dealkylation sites (tertiary alicyclic amines) is 1. The summed E-state index contributed by atoms with van der Waals surface area (Å²) in [6.45, 7) is 0.971. The Morgan fingerprint density at radius 3 is 2.47 bits per heavy atom. The first-order chi connectivity index (χ1) is 16.2. The average Bonchev–Trinajstić information content (AvgIpc) is 3.17. The Balaban J connectivity index is 0.000000396. The molecule has 9 heteroatoms. The zero-order valence-electron chi connectivity index (χ0n) is 18.4. The van der Waals surface area contributed by atoms with E-state index in [1.54, 1.807) is 47.4 Å². The lowest BCUT2D eigenvalue weighted by molar-refractivity contribution is -0.126. The van der Waals surface area contributed by atoms with Crippen LogP contribution in [0.3, 0.4) is 0 Å². The van der Waals surface area contributed by atoms with Gasteiger partial charge in [0.25, 0.3) is 0 Å². The Hall–Kier alpha value is -3.16. The van der Waals surface area contributed by atoms with E-state index in [1.165, 1.54) is 12.1 Å². The van der Waals surface area contributed by atoms with Crippen molar-refractivity contribution in [3.63, 3.8) is 0 Å². The number of amides is 1.